The quantitative estimate of drug-likeness (QED) is 0.615. The molecule has 0 spiro atoms. The molecule has 0 unspecified atom stereocenters. The van der Waals surface area contributed by atoms with Gasteiger partial charge in [0.1, 0.15) is 11.2 Å². The highest BCUT2D eigenvalue weighted by Crippen LogP contribution is 2.10. The molecule has 17 heavy (non-hydrogen) atoms. The monoisotopic (exact) mass is 225 g/mol. The van der Waals surface area contributed by atoms with E-state index in [-0.39, 0.29) is 11.6 Å². The van der Waals surface area contributed by atoms with Gasteiger partial charge >= 0.3 is 0 Å². The van der Waals surface area contributed by atoms with Gasteiger partial charge in [0, 0.05) is 12.4 Å². The molecule has 0 N–H and O–H groups in total. The summed E-state index contributed by atoms with van der Waals surface area (Å²) in [7, 11) is 0. The van der Waals surface area contributed by atoms with Crippen LogP contribution in [0.25, 0.3) is 11.0 Å². The second-order valence-electron chi connectivity index (χ2n) is 3.39. The Kier molecular flexibility index (Phi) is 2.11. The molecule has 0 saturated carbocycles. The topological polar surface area (TPSA) is 73.6 Å². The van der Waals surface area contributed by atoms with E-state index in [1.54, 1.807) is 12.1 Å². The average molecular weight is 225 g/mol. The number of carbonyl (C=O) groups excluding carboxylic acids is 1. The van der Waals surface area contributed by atoms with Gasteiger partial charge in [-0.2, -0.15) is 4.68 Å². The molecule has 0 radical (unpaired) electrons. The Hall–Kier alpha value is -2.63. The Bertz CT molecular complexity index is 676. The molecule has 3 aromatic rings. The van der Waals surface area contributed by atoms with Gasteiger partial charge in [0.25, 0.3) is 5.91 Å². The first-order chi connectivity index (χ1) is 8.36. The number of hydrogen-bond acceptors (Lipinski definition) is 5. The first kappa shape index (κ1) is 9.59. The van der Waals surface area contributed by atoms with Crippen LogP contribution in [-0.2, 0) is 0 Å². The fraction of sp³-hybridized carbons (Fsp3) is 0. The number of rotatable bonds is 1. The second-order valence-corrected chi connectivity index (χ2v) is 3.39. The number of fused-ring (bicyclic) bond motifs is 1. The van der Waals surface area contributed by atoms with Crippen LogP contribution in [0.1, 0.15) is 10.5 Å². The molecule has 6 nitrogen and oxygen atoms in total. The summed E-state index contributed by atoms with van der Waals surface area (Å²) in [6.45, 7) is 0. The minimum Gasteiger partial charge on any atom is -0.265 e. The van der Waals surface area contributed by atoms with Crippen LogP contribution in [0.15, 0.2) is 42.9 Å². The maximum atomic E-state index is 12.1. The third-order valence-corrected chi connectivity index (χ3v) is 2.33. The van der Waals surface area contributed by atoms with Crippen LogP contribution in [0.5, 0.6) is 0 Å². The zero-order valence-electron chi connectivity index (χ0n) is 8.69. The number of para-hydroxylation sites is 1. The van der Waals surface area contributed by atoms with Crippen molar-refractivity contribution in [1.29, 1.82) is 0 Å². The largest absolute Gasteiger partial charge is 0.300 e. The summed E-state index contributed by atoms with van der Waals surface area (Å²) in [4.78, 5) is 19.9. The summed E-state index contributed by atoms with van der Waals surface area (Å²) in [5, 5.41) is 7.73. The molecule has 6 heteroatoms. The van der Waals surface area contributed by atoms with Crippen LogP contribution < -0.4 is 0 Å². The standard InChI is InChI=1S/C11H7N5O/c17-11(9-7-12-5-6-13-9)16-10-4-2-1-3-8(10)14-15-16/h1-7H. The number of nitrogens with zero attached hydrogens (tertiary/aromatic N) is 5. The lowest BCUT2D eigenvalue weighted by Gasteiger charge is -1.98. The lowest BCUT2D eigenvalue weighted by atomic mass is 10.3. The second kappa shape index (κ2) is 3.75. The molecule has 0 bridgehead atoms. The lowest BCUT2D eigenvalue weighted by molar-refractivity contribution is 0.0942. The van der Waals surface area contributed by atoms with Crippen LogP contribution in [0, 0.1) is 0 Å². The Balaban J connectivity index is 2.14. The van der Waals surface area contributed by atoms with Crippen LogP contribution in [-0.4, -0.2) is 30.9 Å². The van der Waals surface area contributed by atoms with Crippen molar-refractivity contribution in [3.8, 4) is 0 Å². The lowest BCUT2D eigenvalue weighted by Crippen LogP contribution is -2.15. The maximum Gasteiger partial charge on any atom is 0.300 e. The van der Waals surface area contributed by atoms with Crippen molar-refractivity contribution in [2.45, 2.75) is 0 Å². The molecule has 0 atom stereocenters. The van der Waals surface area contributed by atoms with Crippen molar-refractivity contribution in [3.05, 3.63) is 48.5 Å². The van der Waals surface area contributed by atoms with E-state index in [0.717, 1.165) is 0 Å². The Labute approximate surface area is 95.9 Å². The van der Waals surface area contributed by atoms with E-state index in [9.17, 15) is 4.79 Å². The molecule has 0 aliphatic heterocycles. The zero-order valence-corrected chi connectivity index (χ0v) is 8.69. The number of benzene rings is 1. The van der Waals surface area contributed by atoms with Crippen molar-refractivity contribution in [2.75, 3.05) is 0 Å². The molecule has 0 saturated heterocycles. The van der Waals surface area contributed by atoms with Crippen molar-refractivity contribution in [2.24, 2.45) is 0 Å². The molecule has 2 heterocycles. The molecule has 2 aromatic heterocycles. The summed E-state index contributed by atoms with van der Waals surface area (Å²) < 4.78 is 1.22. The maximum absolute atomic E-state index is 12.1. The van der Waals surface area contributed by atoms with Crippen molar-refractivity contribution >= 4 is 16.9 Å². The van der Waals surface area contributed by atoms with E-state index in [4.69, 9.17) is 0 Å². The van der Waals surface area contributed by atoms with Gasteiger partial charge in [-0.3, -0.25) is 9.78 Å². The highest BCUT2D eigenvalue weighted by molar-refractivity contribution is 5.98. The van der Waals surface area contributed by atoms with Crippen molar-refractivity contribution in [3.63, 3.8) is 0 Å². The normalized spacial score (nSPS) is 10.6. The van der Waals surface area contributed by atoms with Gasteiger partial charge in [-0.25, -0.2) is 4.98 Å². The van der Waals surface area contributed by atoms with Crippen LogP contribution >= 0.6 is 0 Å². The van der Waals surface area contributed by atoms with Gasteiger partial charge in [0.05, 0.1) is 11.7 Å². The van der Waals surface area contributed by atoms with Gasteiger partial charge in [0.15, 0.2) is 0 Å². The third-order valence-electron chi connectivity index (χ3n) is 2.33. The molecule has 0 fully saturated rings. The molecule has 0 aliphatic carbocycles. The van der Waals surface area contributed by atoms with Gasteiger partial charge < -0.3 is 0 Å². The Morgan fingerprint density at radius 1 is 1.18 bits per heavy atom. The minimum atomic E-state index is -0.341. The fourth-order valence-electron chi connectivity index (χ4n) is 1.54. The predicted octanol–water partition coefficient (Wildman–Crippen LogP) is 0.910. The molecule has 1 aromatic carbocycles. The van der Waals surface area contributed by atoms with Crippen LogP contribution in [0.4, 0.5) is 0 Å². The number of aromatic nitrogens is 5. The van der Waals surface area contributed by atoms with Crippen LogP contribution in [0.2, 0.25) is 0 Å². The highest BCUT2D eigenvalue weighted by atomic mass is 16.2. The molecular weight excluding hydrogens is 218 g/mol. The Morgan fingerprint density at radius 2 is 2.06 bits per heavy atom. The van der Waals surface area contributed by atoms with Gasteiger partial charge in [-0.1, -0.05) is 17.3 Å². The SMILES string of the molecule is O=C(c1cnccn1)n1nnc2ccccc21. The van der Waals surface area contributed by atoms with E-state index in [0.29, 0.717) is 11.0 Å². The summed E-state index contributed by atoms with van der Waals surface area (Å²) in [6.07, 6.45) is 4.38. The smallest absolute Gasteiger partial charge is 0.265 e. The van der Waals surface area contributed by atoms with Gasteiger partial charge in [-0.15, -0.1) is 5.10 Å². The number of carbonyl (C=O) groups is 1. The zero-order chi connectivity index (χ0) is 11.7. The van der Waals surface area contributed by atoms with Crippen molar-refractivity contribution in [1.82, 2.24) is 25.0 Å². The molecular formula is C11H7N5O. The highest BCUT2D eigenvalue weighted by Gasteiger charge is 2.14. The first-order valence-electron chi connectivity index (χ1n) is 4.97. The third kappa shape index (κ3) is 1.55. The molecule has 3 rings (SSSR count). The van der Waals surface area contributed by atoms with Crippen LogP contribution in [0.3, 0.4) is 0 Å². The summed E-state index contributed by atoms with van der Waals surface area (Å²) in [5.41, 5.74) is 1.57. The minimum absolute atomic E-state index is 0.239. The van der Waals surface area contributed by atoms with Crippen molar-refractivity contribution < 1.29 is 4.79 Å². The van der Waals surface area contributed by atoms with Gasteiger partial charge in [-0.05, 0) is 12.1 Å². The molecule has 82 valence electrons. The number of hydrogen-bond donors (Lipinski definition) is 0. The van der Waals surface area contributed by atoms with E-state index in [1.165, 1.54) is 23.3 Å². The van der Waals surface area contributed by atoms with Gasteiger partial charge in [0.2, 0.25) is 0 Å². The molecule has 0 aliphatic rings. The van der Waals surface area contributed by atoms with E-state index in [1.807, 2.05) is 12.1 Å². The summed E-state index contributed by atoms with van der Waals surface area (Å²) >= 11 is 0. The first-order valence-corrected chi connectivity index (χ1v) is 4.97. The van der Waals surface area contributed by atoms with E-state index < -0.39 is 0 Å². The molecule has 0 amide bonds. The predicted molar refractivity (Wildman–Crippen MR) is 59.3 cm³/mol. The van der Waals surface area contributed by atoms with E-state index >= 15 is 0 Å². The Morgan fingerprint density at radius 3 is 2.88 bits per heavy atom. The van der Waals surface area contributed by atoms with E-state index in [2.05, 4.69) is 20.3 Å². The fourth-order valence-corrected chi connectivity index (χ4v) is 1.54. The summed E-state index contributed by atoms with van der Waals surface area (Å²) in [5.74, 6) is -0.341. The average Bonchev–Trinajstić information content (AvgIpc) is 2.83. The summed E-state index contributed by atoms with van der Waals surface area (Å²) in [6, 6.07) is 7.24.